The van der Waals surface area contributed by atoms with Crippen LogP contribution in [0.1, 0.15) is 30.7 Å². The van der Waals surface area contributed by atoms with Crippen LogP contribution in [0.15, 0.2) is 18.2 Å². The van der Waals surface area contributed by atoms with Crippen molar-refractivity contribution in [3.63, 3.8) is 0 Å². The van der Waals surface area contributed by atoms with Crippen molar-refractivity contribution in [2.45, 2.75) is 31.2 Å². The average Bonchev–Trinajstić information content (AvgIpc) is 3.33. The van der Waals surface area contributed by atoms with E-state index in [9.17, 15) is 18.4 Å². The molecule has 1 aliphatic heterocycles. The molecule has 2 atom stereocenters. The Morgan fingerprint density at radius 3 is 2.58 bits per heavy atom. The lowest BCUT2D eigenvalue weighted by Crippen LogP contribution is -2.46. The highest BCUT2D eigenvalue weighted by Crippen LogP contribution is 2.49. The van der Waals surface area contributed by atoms with Gasteiger partial charge >= 0.3 is 5.97 Å². The molecule has 1 heterocycles. The SMILES string of the molecule is O=C(O)CN(C(=O)[C@@H]1C[C@@H]1c1ccc(F)cc1F)C1CCOCC1. The van der Waals surface area contributed by atoms with Crippen LogP contribution in [0.2, 0.25) is 0 Å². The van der Waals surface area contributed by atoms with E-state index < -0.39 is 23.5 Å². The number of ether oxygens (including phenoxy) is 1. The predicted octanol–water partition coefficient (Wildman–Crippen LogP) is 2.16. The van der Waals surface area contributed by atoms with Crippen molar-refractivity contribution in [2.75, 3.05) is 19.8 Å². The van der Waals surface area contributed by atoms with Crippen molar-refractivity contribution in [3.05, 3.63) is 35.4 Å². The molecule has 0 unspecified atom stereocenters. The molecule has 1 saturated carbocycles. The summed E-state index contributed by atoms with van der Waals surface area (Å²) in [5, 5.41) is 9.10. The van der Waals surface area contributed by atoms with Crippen LogP contribution >= 0.6 is 0 Å². The summed E-state index contributed by atoms with van der Waals surface area (Å²) in [7, 11) is 0. The highest BCUT2D eigenvalue weighted by molar-refractivity contribution is 5.86. The summed E-state index contributed by atoms with van der Waals surface area (Å²) in [5.74, 6) is -3.40. The number of carboxylic acids is 1. The van der Waals surface area contributed by atoms with Gasteiger partial charge in [0.2, 0.25) is 5.91 Å². The summed E-state index contributed by atoms with van der Waals surface area (Å²) in [6, 6.07) is 3.18. The lowest BCUT2D eigenvalue weighted by atomic mass is 10.0. The molecule has 7 heteroatoms. The van der Waals surface area contributed by atoms with E-state index in [0.717, 1.165) is 6.07 Å². The van der Waals surface area contributed by atoms with E-state index in [0.29, 0.717) is 38.0 Å². The summed E-state index contributed by atoms with van der Waals surface area (Å²) in [5.41, 5.74) is 0.317. The number of carbonyl (C=O) groups is 2. The molecule has 0 bridgehead atoms. The third-order valence-corrected chi connectivity index (χ3v) is 4.69. The second-order valence-corrected chi connectivity index (χ2v) is 6.32. The van der Waals surface area contributed by atoms with E-state index in [-0.39, 0.29) is 24.4 Å². The number of hydrogen-bond acceptors (Lipinski definition) is 3. The first-order valence-electron chi connectivity index (χ1n) is 8.02. The van der Waals surface area contributed by atoms with Gasteiger partial charge < -0.3 is 14.7 Å². The number of halogens is 2. The van der Waals surface area contributed by atoms with Crippen LogP contribution in [0.5, 0.6) is 0 Å². The Morgan fingerprint density at radius 1 is 1.25 bits per heavy atom. The number of benzene rings is 1. The standard InChI is InChI=1S/C17H19F2NO4/c18-10-1-2-12(15(19)7-10)13-8-14(13)17(23)20(9-16(21)22)11-3-5-24-6-4-11/h1-2,7,11,13-14H,3-6,8-9H2,(H,21,22)/t13-,14-/m1/s1. The van der Waals surface area contributed by atoms with Crippen LogP contribution in [0, 0.1) is 17.6 Å². The Balaban J connectivity index is 1.72. The molecular weight excluding hydrogens is 320 g/mol. The van der Waals surface area contributed by atoms with E-state index in [1.807, 2.05) is 0 Å². The van der Waals surface area contributed by atoms with E-state index in [1.165, 1.54) is 17.0 Å². The smallest absolute Gasteiger partial charge is 0.323 e. The van der Waals surface area contributed by atoms with Gasteiger partial charge in [0.25, 0.3) is 0 Å². The maximum Gasteiger partial charge on any atom is 0.323 e. The molecule has 1 saturated heterocycles. The van der Waals surface area contributed by atoms with Gasteiger partial charge in [-0.05, 0) is 36.8 Å². The van der Waals surface area contributed by atoms with Gasteiger partial charge in [-0.25, -0.2) is 8.78 Å². The Bertz CT molecular complexity index is 645. The molecule has 130 valence electrons. The van der Waals surface area contributed by atoms with Crippen LogP contribution in [0.3, 0.4) is 0 Å². The first kappa shape index (κ1) is 16.8. The van der Waals surface area contributed by atoms with Crippen molar-refractivity contribution in [1.82, 2.24) is 4.90 Å². The molecule has 1 aliphatic carbocycles. The zero-order chi connectivity index (χ0) is 17.3. The van der Waals surface area contributed by atoms with E-state index in [1.54, 1.807) is 0 Å². The summed E-state index contributed by atoms with van der Waals surface area (Å²) in [6.07, 6.45) is 1.66. The Labute approximate surface area is 138 Å². The molecule has 24 heavy (non-hydrogen) atoms. The second kappa shape index (κ2) is 6.84. The lowest BCUT2D eigenvalue weighted by Gasteiger charge is -2.33. The first-order chi connectivity index (χ1) is 11.5. The normalized spacial score (nSPS) is 23.8. The third-order valence-electron chi connectivity index (χ3n) is 4.69. The van der Waals surface area contributed by atoms with Crippen molar-refractivity contribution in [1.29, 1.82) is 0 Å². The maximum absolute atomic E-state index is 13.9. The molecule has 0 aromatic heterocycles. The number of carboxylic acid groups (broad SMARTS) is 1. The summed E-state index contributed by atoms with van der Waals surface area (Å²) in [6.45, 7) is 0.627. The van der Waals surface area contributed by atoms with Crippen molar-refractivity contribution in [2.24, 2.45) is 5.92 Å². The third kappa shape index (κ3) is 3.56. The number of rotatable bonds is 5. The van der Waals surface area contributed by atoms with Crippen LogP contribution in [-0.4, -0.2) is 47.7 Å². The first-order valence-corrected chi connectivity index (χ1v) is 8.02. The van der Waals surface area contributed by atoms with Crippen molar-refractivity contribution in [3.8, 4) is 0 Å². The van der Waals surface area contributed by atoms with Gasteiger partial charge in [0.05, 0.1) is 0 Å². The zero-order valence-electron chi connectivity index (χ0n) is 13.1. The Hall–Kier alpha value is -2.02. The van der Waals surface area contributed by atoms with Gasteiger partial charge in [0.15, 0.2) is 0 Å². The van der Waals surface area contributed by atoms with Crippen LogP contribution < -0.4 is 0 Å². The Kier molecular flexibility index (Phi) is 4.80. The molecule has 1 amide bonds. The Morgan fingerprint density at radius 2 is 1.96 bits per heavy atom. The van der Waals surface area contributed by atoms with Crippen molar-refractivity contribution >= 4 is 11.9 Å². The molecule has 1 N–H and O–H groups in total. The van der Waals surface area contributed by atoms with Gasteiger partial charge in [0, 0.05) is 31.2 Å². The van der Waals surface area contributed by atoms with Gasteiger partial charge in [-0.2, -0.15) is 0 Å². The molecule has 0 spiro atoms. The minimum atomic E-state index is -1.07. The van der Waals surface area contributed by atoms with Crippen molar-refractivity contribution < 1.29 is 28.2 Å². The fraction of sp³-hybridized carbons (Fsp3) is 0.529. The molecule has 0 radical (unpaired) electrons. The van der Waals surface area contributed by atoms with Gasteiger partial charge in [-0.3, -0.25) is 9.59 Å². The monoisotopic (exact) mass is 339 g/mol. The summed E-state index contributed by atoms with van der Waals surface area (Å²) < 4.78 is 32.1. The summed E-state index contributed by atoms with van der Waals surface area (Å²) >= 11 is 0. The van der Waals surface area contributed by atoms with E-state index in [4.69, 9.17) is 9.84 Å². The summed E-state index contributed by atoms with van der Waals surface area (Å²) in [4.78, 5) is 25.2. The quantitative estimate of drug-likeness (QED) is 0.893. The average molecular weight is 339 g/mol. The predicted molar refractivity (Wildman–Crippen MR) is 80.4 cm³/mol. The van der Waals surface area contributed by atoms with Crippen LogP contribution in [0.4, 0.5) is 8.78 Å². The minimum Gasteiger partial charge on any atom is -0.480 e. The molecule has 3 rings (SSSR count). The van der Waals surface area contributed by atoms with E-state index >= 15 is 0 Å². The van der Waals surface area contributed by atoms with Gasteiger partial charge in [0.1, 0.15) is 18.2 Å². The lowest BCUT2D eigenvalue weighted by molar-refractivity contribution is -0.148. The second-order valence-electron chi connectivity index (χ2n) is 6.32. The maximum atomic E-state index is 13.9. The molecular formula is C17H19F2NO4. The van der Waals surface area contributed by atoms with Gasteiger partial charge in [-0.1, -0.05) is 6.07 Å². The molecule has 2 aliphatic rings. The van der Waals surface area contributed by atoms with E-state index in [2.05, 4.69) is 0 Å². The zero-order valence-corrected chi connectivity index (χ0v) is 13.1. The number of aliphatic carboxylic acids is 1. The largest absolute Gasteiger partial charge is 0.480 e. The van der Waals surface area contributed by atoms with Gasteiger partial charge in [-0.15, -0.1) is 0 Å². The fourth-order valence-corrected chi connectivity index (χ4v) is 3.36. The van der Waals surface area contributed by atoms with Crippen LogP contribution in [-0.2, 0) is 14.3 Å². The van der Waals surface area contributed by atoms with Crippen LogP contribution in [0.25, 0.3) is 0 Å². The molecule has 1 aromatic rings. The molecule has 5 nitrogen and oxygen atoms in total. The fourth-order valence-electron chi connectivity index (χ4n) is 3.36. The minimum absolute atomic E-state index is 0.165. The number of amides is 1. The highest BCUT2D eigenvalue weighted by Gasteiger charge is 2.48. The number of carbonyl (C=O) groups excluding carboxylic acids is 1. The topological polar surface area (TPSA) is 66.8 Å². The highest BCUT2D eigenvalue weighted by atomic mass is 19.1. The number of hydrogen-bond donors (Lipinski definition) is 1. The molecule has 1 aromatic carbocycles. The number of nitrogens with zero attached hydrogens (tertiary/aromatic N) is 1. The molecule has 2 fully saturated rings.